The SMILES string of the molecule is CCCCOC(=O)N1CC(O)C(OC)C1. The highest BCUT2D eigenvalue weighted by molar-refractivity contribution is 5.68. The summed E-state index contributed by atoms with van der Waals surface area (Å²) in [7, 11) is 1.53. The smallest absolute Gasteiger partial charge is 0.409 e. The Morgan fingerprint density at radius 2 is 2.27 bits per heavy atom. The largest absolute Gasteiger partial charge is 0.449 e. The molecule has 1 fully saturated rings. The van der Waals surface area contributed by atoms with E-state index < -0.39 is 6.10 Å². The van der Waals surface area contributed by atoms with E-state index >= 15 is 0 Å². The molecule has 88 valence electrons. The zero-order valence-electron chi connectivity index (χ0n) is 9.31. The van der Waals surface area contributed by atoms with E-state index in [0.717, 1.165) is 12.8 Å². The standard InChI is InChI=1S/C10H19NO4/c1-3-4-5-15-10(13)11-6-8(12)9(7-11)14-2/h8-9,12H,3-7H2,1-2H3. The number of nitrogens with zero attached hydrogens (tertiary/aromatic N) is 1. The van der Waals surface area contributed by atoms with Crippen LogP contribution in [0.15, 0.2) is 0 Å². The highest BCUT2D eigenvalue weighted by Gasteiger charge is 2.34. The van der Waals surface area contributed by atoms with Crippen molar-refractivity contribution in [1.82, 2.24) is 4.90 Å². The third-order valence-electron chi connectivity index (χ3n) is 2.52. The normalized spacial score (nSPS) is 25.7. The van der Waals surface area contributed by atoms with Crippen molar-refractivity contribution in [3.8, 4) is 0 Å². The lowest BCUT2D eigenvalue weighted by Gasteiger charge is -2.15. The van der Waals surface area contributed by atoms with Crippen LogP contribution in [-0.2, 0) is 9.47 Å². The number of carbonyl (C=O) groups is 1. The molecule has 1 heterocycles. The maximum atomic E-state index is 11.5. The third-order valence-corrected chi connectivity index (χ3v) is 2.52. The summed E-state index contributed by atoms with van der Waals surface area (Å²) >= 11 is 0. The summed E-state index contributed by atoms with van der Waals surface area (Å²) < 4.78 is 10.1. The van der Waals surface area contributed by atoms with E-state index in [2.05, 4.69) is 0 Å². The Morgan fingerprint density at radius 3 is 2.80 bits per heavy atom. The van der Waals surface area contributed by atoms with Gasteiger partial charge in [-0.15, -0.1) is 0 Å². The fourth-order valence-corrected chi connectivity index (χ4v) is 1.53. The van der Waals surface area contributed by atoms with Crippen LogP contribution in [0.5, 0.6) is 0 Å². The average Bonchev–Trinajstić information content (AvgIpc) is 2.60. The number of unbranched alkanes of at least 4 members (excludes halogenated alkanes) is 1. The monoisotopic (exact) mass is 217 g/mol. The molecule has 0 aromatic carbocycles. The summed E-state index contributed by atoms with van der Waals surface area (Å²) in [6.45, 7) is 3.18. The number of likely N-dealkylation sites (tertiary alicyclic amines) is 1. The fourth-order valence-electron chi connectivity index (χ4n) is 1.53. The Labute approximate surface area is 90.0 Å². The first-order chi connectivity index (χ1) is 7.19. The highest BCUT2D eigenvalue weighted by atomic mass is 16.6. The molecular weight excluding hydrogens is 198 g/mol. The minimum Gasteiger partial charge on any atom is -0.449 e. The summed E-state index contributed by atoms with van der Waals surface area (Å²) in [6.07, 6.45) is 0.617. The van der Waals surface area contributed by atoms with Gasteiger partial charge < -0.3 is 19.5 Å². The van der Waals surface area contributed by atoms with Crippen molar-refractivity contribution in [2.24, 2.45) is 0 Å². The predicted octanol–water partition coefficient (Wildman–Crippen LogP) is 0.615. The molecule has 1 saturated heterocycles. The molecule has 0 spiro atoms. The van der Waals surface area contributed by atoms with E-state index in [1.807, 2.05) is 6.92 Å². The molecular formula is C10H19NO4. The molecule has 0 bridgehead atoms. The highest BCUT2D eigenvalue weighted by Crippen LogP contribution is 2.13. The topological polar surface area (TPSA) is 59.0 Å². The van der Waals surface area contributed by atoms with Gasteiger partial charge in [-0.2, -0.15) is 0 Å². The Hall–Kier alpha value is -0.810. The summed E-state index contributed by atoms with van der Waals surface area (Å²) in [5.41, 5.74) is 0. The first kappa shape index (κ1) is 12.3. The van der Waals surface area contributed by atoms with E-state index in [1.165, 1.54) is 12.0 Å². The number of hydrogen-bond acceptors (Lipinski definition) is 4. The Morgan fingerprint density at radius 1 is 1.53 bits per heavy atom. The summed E-state index contributed by atoms with van der Waals surface area (Å²) in [4.78, 5) is 12.9. The van der Waals surface area contributed by atoms with Crippen LogP contribution >= 0.6 is 0 Å². The van der Waals surface area contributed by atoms with Crippen molar-refractivity contribution in [1.29, 1.82) is 0 Å². The Kier molecular flexibility index (Phi) is 4.84. The van der Waals surface area contributed by atoms with Gasteiger partial charge >= 0.3 is 6.09 Å². The van der Waals surface area contributed by atoms with Gasteiger partial charge in [0.1, 0.15) is 6.10 Å². The lowest BCUT2D eigenvalue weighted by Crippen LogP contribution is -2.30. The molecule has 1 amide bonds. The second-order valence-corrected chi connectivity index (χ2v) is 3.71. The van der Waals surface area contributed by atoms with Gasteiger partial charge in [0.25, 0.3) is 0 Å². The molecule has 1 N–H and O–H groups in total. The number of amides is 1. The van der Waals surface area contributed by atoms with Crippen LogP contribution in [-0.4, -0.2) is 55.1 Å². The van der Waals surface area contributed by atoms with Crippen molar-refractivity contribution < 1.29 is 19.4 Å². The van der Waals surface area contributed by atoms with E-state index in [1.54, 1.807) is 0 Å². The molecule has 2 atom stereocenters. The van der Waals surface area contributed by atoms with E-state index in [9.17, 15) is 9.90 Å². The van der Waals surface area contributed by atoms with Crippen LogP contribution in [0.1, 0.15) is 19.8 Å². The molecule has 0 radical (unpaired) electrons. The number of methoxy groups -OCH3 is 1. The van der Waals surface area contributed by atoms with Gasteiger partial charge in [0.2, 0.25) is 0 Å². The van der Waals surface area contributed by atoms with Crippen LogP contribution in [0, 0.1) is 0 Å². The molecule has 15 heavy (non-hydrogen) atoms. The minimum absolute atomic E-state index is 0.288. The Bertz CT molecular complexity index is 210. The van der Waals surface area contributed by atoms with Crippen LogP contribution < -0.4 is 0 Å². The van der Waals surface area contributed by atoms with Gasteiger partial charge in [0, 0.05) is 7.11 Å². The van der Waals surface area contributed by atoms with Gasteiger partial charge in [0.05, 0.1) is 25.8 Å². The maximum absolute atomic E-state index is 11.5. The molecule has 1 aliphatic heterocycles. The summed E-state index contributed by atoms with van der Waals surface area (Å²) in [5, 5.41) is 9.51. The van der Waals surface area contributed by atoms with Gasteiger partial charge in [0.15, 0.2) is 0 Å². The van der Waals surface area contributed by atoms with Crippen LogP contribution in [0.4, 0.5) is 4.79 Å². The second-order valence-electron chi connectivity index (χ2n) is 3.71. The van der Waals surface area contributed by atoms with Crippen molar-refractivity contribution in [2.45, 2.75) is 32.0 Å². The molecule has 2 unspecified atom stereocenters. The van der Waals surface area contributed by atoms with Crippen LogP contribution in [0.25, 0.3) is 0 Å². The fraction of sp³-hybridized carbons (Fsp3) is 0.900. The van der Waals surface area contributed by atoms with Crippen LogP contribution in [0.3, 0.4) is 0 Å². The number of hydrogen-bond donors (Lipinski definition) is 1. The van der Waals surface area contributed by atoms with Crippen molar-refractivity contribution >= 4 is 6.09 Å². The minimum atomic E-state index is -0.603. The maximum Gasteiger partial charge on any atom is 0.409 e. The number of carbonyl (C=O) groups excluding carboxylic acids is 1. The lowest BCUT2D eigenvalue weighted by molar-refractivity contribution is 0.0214. The van der Waals surface area contributed by atoms with Crippen LogP contribution in [0.2, 0.25) is 0 Å². The first-order valence-corrected chi connectivity index (χ1v) is 5.31. The van der Waals surface area contributed by atoms with Crippen molar-refractivity contribution in [3.63, 3.8) is 0 Å². The molecule has 0 aromatic rings. The summed E-state index contributed by atoms with van der Waals surface area (Å²) in [5.74, 6) is 0. The average molecular weight is 217 g/mol. The van der Waals surface area contributed by atoms with Gasteiger partial charge in [-0.05, 0) is 6.42 Å². The summed E-state index contributed by atoms with van der Waals surface area (Å²) in [6, 6.07) is 0. The number of aliphatic hydroxyl groups excluding tert-OH is 1. The van der Waals surface area contributed by atoms with Crippen molar-refractivity contribution in [2.75, 3.05) is 26.8 Å². The van der Waals surface area contributed by atoms with Gasteiger partial charge in [-0.1, -0.05) is 13.3 Å². The number of aliphatic hydroxyl groups is 1. The Balaban J connectivity index is 2.29. The molecule has 1 rings (SSSR count). The van der Waals surface area contributed by atoms with E-state index in [-0.39, 0.29) is 12.2 Å². The molecule has 1 aliphatic rings. The molecule has 0 saturated carbocycles. The number of rotatable bonds is 4. The van der Waals surface area contributed by atoms with E-state index in [4.69, 9.17) is 9.47 Å². The van der Waals surface area contributed by atoms with Gasteiger partial charge in [-0.3, -0.25) is 0 Å². The van der Waals surface area contributed by atoms with Gasteiger partial charge in [-0.25, -0.2) is 4.79 Å². The molecule has 0 aromatic heterocycles. The molecule has 0 aliphatic carbocycles. The lowest BCUT2D eigenvalue weighted by atomic mass is 10.3. The molecule has 5 nitrogen and oxygen atoms in total. The predicted molar refractivity (Wildman–Crippen MR) is 54.6 cm³/mol. The zero-order valence-corrected chi connectivity index (χ0v) is 9.31. The number of β-amino-alcohol motifs (C(OH)–C–C–N with tert-alkyl or cyclic N) is 1. The van der Waals surface area contributed by atoms with Crippen molar-refractivity contribution in [3.05, 3.63) is 0 Å². The van der Waals surface area contributed by atoms with E-state index in [0.29, 0.717) is 19.7 Å². The molecule has 5 heteroatoms. The third kappa shape index (κ3) is 3.35. The second kappa shape index (κ2) is 5.92. The zero-order chi connectivity index (χ0) is 11.3. The quantitative estimate of drug-likeness (QED) is 0.701. The first-order valence-electron chi connectivity index (χ1n) is 5.31. The number of ether oxygens (including phenoxy) is 2.